The van der Waals surface area contributed by atoms with E-state index < -0.39 is 0 Å². The van der Waals surface area contributed by atoms with Gasteiger partial charge in [-0.15, -0.1) is 11.6 Å². The Morgan fingerprint density at radius 2 is 2.00 bits per heavy atom. The Labute approximate surface area is 123 Å². The summed E-state index contributed by atoms with van der Waals surface area (Å²) in [5.41, 5.74) is 2.22. The minimum absolute atomic E-state index is 0.479. The minimum Gasteiger partial charge on any atom is -0.497 e. The maximum Gasteiger partial charge on any atom is 0.125 e. The third kappa shape index (κ3) is 1.99. The molecular formula is C16H19ClN2O. The van der Waals surface area contributed by atoms with E-state index in [0.29, 0.717) is 11.9 Å². The molecule has 1 heterocycles. The zero-order valence-corrected chi connectivity index (χ0v) is 12.4. The van der Waals surface area contributed by atoms with E-state index in [1.165, 1.54) is 31.2 Å². The van der Waals surface area contributed by atoms with Gasteiger partial charge >= 0.3 is 0 Å². The Morgan fingerprint density at radius 3 is 2.55 bits per heavy atom. The first kappa shape index (κ1) is 12.5. The molecule has 0 bridgehead atoms. The van der Waals surface area contributed by atoms with E-state index in [9.17, 15) is 0 Å². The summed E-state index contributed by atoms with van der Waals surface area (Å²) in [6.07, 6.45) is 5.41. The number of nitrogens with zero attached hydrogens (tertiary/aromatic N) is 2. The highest BCUT2D eigenvalue weighted by Crippen LogP contribution is 2.53. The van der Waals surface area contributed by atoms with Gasteiger partial charge < -0.3 is 9.30 Å². The fourth-order valence-electron chi connectivity index (χ4n) is 3.36. The van der Waals surface area contributed by atoms with Gasteiger partial charge in [-0.1, -0.05) is 0 Å². The predicted octanol–water partition coefficient (Wildman–Crippen LogP) is 4.14. The van der Waals surface area contributed by atoms with Gasteiger partial charge in [0.2, 0.25) is 0 Å². The van der Waals surface area contributed by atoms with Crippen molar-refractivity contribution in [2.24, 2.45) is 11.8 Å². The zero-order valence-electron chi connectivity index (χ0n) is 11.7. The Kier molecular flexibility index (Phi) is 2.92. The van der Waals surface area contributed by atoms with Crippen LogP contribution in [-0.4, -0.2) is 16.7 Å². The molecule has 106 valence electrons. The van der Waals surface area contributed by atoms with Gasteiger partial charge in [-0.05, 0) is 49.7 Å². The molecule has 0 amide bonds. The van der Waals surface area contributed by atoms with E-state index in [-0.39, 0.29) is 0 Å². The molecule has 0 spiro atoms. The molecule has 2 aromatic rings. The van der Waals surface area contributed by atoms with E-state index in [1.54, 1.807) is 7.11 Å². The van der Waals surface area contributed by atoms with E-state index in [0.717, 1.165) is 28.9 Å². The van der Waals surface area contributed by atoms with Gasteiger partial charge in [0.15, 0.2) is 0 Å². The number of halogens is 1. The molecule has 2 aliphatic carbocycles. The number of hydrogen-bond donors (Lipinski definition) is 0. The Balaban J connectivity index is 1.89. The van der Waals surface area contributed by atoms with Crippen molar-refractivity contribution in [1.82, 2.24) is 9.55 Å². The fourth-order valence-corrected chi connectivity index (χ4v) is 3.55. The maximum absolute atomic E-state index is 6.16. The molecule has 2 saturated carbocycles. The van der Waals surface area contributed by atoms with E-state index in [1.807, 2.05) is 12.1 Å². The highest BCUT2D eigenvalue weighted by Gasteiger charge is 2.43. The van der Waals surface area contributed by atoms with Crippen LogP contribution in [0.5, 0.6) is 5.75 Å². The van der Waals surface area contributed by atoms with Gasteiger partial charge in [0.1, 0.15) is 11.6 Å². The van der Waals surface area contributed by atoms with Crippen LogP contribution in [0.15, 0.2) is 18.2 Å². The highest BCUT2D eigenvalue weighted by molar-refractivity contribution is 6.16. The molecule has 0 saturated heterocycles. The number of alkyl halides is 1. The third-order valence-electron chi connectivity index (χ3n) is 4.60. The Hall–Kier alpha value is -1.22. The van der Waals surface area contributed by atoms with E-state index in [2.05, 4.69) is 10.6 Å². The van der Waals surface area contributed by atoms with Crippen LogP contribution < -0.4 is 4.74 Å². The molecule has 0 atom stereocenters. The monoisotopic (exact) mass is 290 g/mol. The SMILES string of the molecule is COc1ccc2nc(CCl)n(C(C3CC3)C3CC3)c2c1. The summed E-state index contributed by atoms with van der Waals surface area (Å²) < 4.78 is 7.79. The lowest BCUT2D eigenvalue weighted by Crippen LogP contribution is -2.16. The standard InChI is InChI=1S/C16H19ClN2O/c1-20-12-6-7-13-14(8-12)19(15(9-17)18-13)16(10-2-3-10)11-4-5-11/h6-8,10-11,16H,2-5,9H2,1H3. The smallest absolute Gasteiger partial charge is 0.125 e. The van der Waals surface area contributed by atoms with Crippen molar-refractivity contribution in [2.75, 3.05) is 7.11 Å². The lowest BCUT2D eigenvalue weighted by molar-refractivity contribution is 0.394. The fraction of sp³-hybridized carbons (Fsp3) is 0.562. The topological polar surface area (TPSA) is 27.1 Å². The van der Waals surface area contributed by atoms with Crippen LogP contribution in [0.2, 0.25) is 0 Å². The van der Waals surface area contributed by atoms with Gasteiger partial charge in [-0.25, -0.2) is 4.98 Å². The van der Waals surface area contributed by atoms with Crippen LogP contribution in [0, 0.1) is 11.8 Å². The molecule has 0 aliphatic heterocycles. The molecular weight excluding hydrogens is 272 g/mol. The van der Waals surface area contributed by atoms with E-state index >= 15 is 0 Å². The number of fused-ring (bicyclic) bond motifs is 1. The number of rotatable bonds is 5. The number of methoxy groups -OCH3 is 1. The van der Waals surface area contributed by atoms with Gasteiger partial charge in [0, 0.05) is 12.1 Å². The molecule has 4 rings (SSSR count). The number of ether oxygens (including phenoxy) is 1. The largest absolute Gasteiger partial charge is 0.497 e. The normalized spacial score (nSPS) is 18.9. The molecule has 3 nitrogen and oxygen atoms in total. The van der Waals surface area contributed by atoms with Crippen LogP contribution in [0.4, 0.5) is 0 Å². The average molecular weight is 291 g/mol. The van der Waals surface area contributed by atoms with Crippen LogP contribution in [0.1, 0.15) is 37.5 Å². The Bertz CT molecular complexity index is 631. The predicted molar refractivity (Wildman–Crippen MR) is 80.3 cm³/mol. The maximum atomic E-state index is 6.16. The van der Waals surface area contributed by atoms with Crippen LogP contribution >= 0.6 is 11.6 Å². The van der Waals surface area contributed by atoms with Crippen molar-refractivity contribution in [1.29, 1.82) is 0 Å². The molecule has 0 N–H and O–H groups in total. The van der Waals surface area contributed by atoms with Gasteiger partial charge in [0.25, 0.3) is 0 Å². The summed E-state index contributed by atoms with van der Waals surface area (Å²) >= 11 is 6.16. The molecule has 1 aromatic heterocycles. The zero-order chi connectivity index (χ0) is 13.7. The first-order valence-electron chi connectivity index (χ1n) is 7.42. The van der Waals surface area contributed by atoms with Crippen molar-refractivity contribution in [3.63, 3.8) is 0 Å². The molecule has 2 aliphatic rings. The lowest BCUT2D eigenvalue weighted by Gasteiger charge is -2.21. The minimum atomic E-state index is 0.479. The molecule has 20 heavy (non-hydrogen) atoms. The number of imidazole rings is 1. The van der Waals surface area contributed by atoms with E-state index in [4.69, 9.17) is 21.3 Å². The lowest BCUT2D eigenvalue weighted by atomic mass is 10.1. The second-order valence-corrected chi connectivity index (χ2v) is 6.32. The first-order valence-corrected chi connectivity index (χ1v) is 7.96. The molecule has 2 fully saturated rings. The summed E-state index contributed by atoms with van der Waals surface area (Å²) in [7, 11) is 1.71. The Morgan fingerprint density at radius 1 is 1.30 bits per heavy atom. The van der Waals surface area contributed by atoms with Crippen molar-refractivity contribution >= 4 is 22.6 Å². The summed E-state index contributed by atoms with van der Waals surface area (Å²) in [5, 5.41) is 0. The average Bonchev–Trinajstić information content (AvgIpc) is 3.37. The molecule has 4 heteroatoms. The molecule has 0 unspecified atom stereocenters. The van der Waals surface area contributed by atoms with Crippen molar-refractivity contribution < 1.29 is 4.74 Å². The number of hydrogen-bond acceptors (Lipinski definition) is 2. The second kappa shape index (κ2) is 4.66. The molecule has 1 aromatic carbocycles. The number of aromatic nitrogens is 2. The van der Waals surface area contributed by atoms with Crippen molar-refractivity contribution in [3.05, 3.63) is 24.0 Å². The summed E-state index contributed by atoms with van der Waals surface area (Å²) in [5.74, 6) is 4.04. The van der Waals surface area contributed by atoms with Gasteiger partial charge in [-0.3, -0.25) is 0 Å². The van der Waals surface area contributed by atoms with Gasteiger partial charge in [0.05, 0.1) is 24.0 Å². The quantitative estimate of drug-likeness (QED) is 0.774. The summed E-state index contributed by atoms with van der Waals surface area (Å²) in [6, 6.07) is 6.72. The van der Waals surface area contributed by atoms with Crippen molar-refractivity contribution in [2.45, 2.75) is 37.6 Å². The summed E-state index contributed by atoms with van der Waals surface area (Å²) in [6.45, 7) is 0. The first-order chi connectivity index (χ1) is 9.81. The summed E-state index contributed by atoms with van der Waals surface area (Å²) in [4.78, 5) is 4.72. The van der Waals surface area contributed by atoms with Crippen LogP contribution in [0.25, 0.3) is 11.0 Å². The van der Waals surface area contributed by atoms with Crippen LogP contribution in [0.3, 0.4) is 0 Å². The molecule has 0 radical (unpaired) electrons. The third-order valence-corrected chi connectivity index (χ3v) is 4.84. The van der Waals surface area contributed by atoms with Crippen LogP contribution in [-0.2, 0) is 5.88 Å². The highest BCUT2D eigenvalue weighted by atomic mass is 35.5. The number of benzene rings is 1. The van der Waals surface area contributed by atoms with Crippen molar-refractivity contribution in [3.8, 4) is 5.75 Å². The van der Waals surface area contributed by atoms with Gasteiger partial charge in [-0.2, -0.15) is 0 Å². The second-order valence-electron chi connectivity index (χ2n) is 6.05.